The van der Waals surface area contributed by atoms with Crippen LogP contribution in [0.1, 0.15) is 44.6 Å². The highest BCUT2D eigenvalue weighted by Gasteiger charge is 2.26. The van der Waals surface area contributed by atoms with E-state index in [1.165, 1.54) is 31.2 Å². The van der Waals surface area contributed by atoms with Crippen LogP contribution < -0.4 is 10.6 Å². The Balaban J connectivity index is 1.40. The molecule has 1 aromatic rings. The van der Waals surface area contributed by atoms with Crippen molar-refractivity contribution in [1.29, 1.82) is 0 Å². The van der Waals surface area contributed by atoms with Gasteiger partial charge in [0, 0.05) is 18.7 Å². The molecule has 1 aromatic carbocycles. The summed E-state index contributed by atoms with van der Waals surface area (Å²) in [5.74, 6) is 1.86. The molecule has 0 aromatic heterocycles. The lowest BCUT2D eigenvalue weighted by molar-refractivity contribution is -0.121. The van der Waals surface area contributed by atoms with Gasteiger partial charge in [0.05, 0.1) is 0 Å². The van der Waals surface area contributed by atoms with Crippen LogP contribution in [0.3, 0.4) is 0 Å². The van der Waals surface area contributed by atoms with Crippen molar-refractivity contribution < 1.29 is 4.79 Å². The molecule has 0 radical (unpaired) electrons. The molecule has 1 aliphatic heterocycles. The van der Waals surface area contributed by atoms with Gasteiger partial charge in [-0.05, 0) is 29.9 Å². The van der Waals surface area contributed by atoms with Crippen LogP contribution >= 0.6 is 0 Å². The van der Waals surface area contributed by atoms with Gasteiger partial charge in [0.2, 0.25) is 5.91 Å². The van der Waals surface area contributed by atoms with E-state index in [0.29, 0.717) is 0 Å². The Hall–Kier alpha value is -1.51. The number of fused-ring (bicyclic) bond motifs is 1. The predicted octanol–water partition coefficient (Wildman–Crippen LogP) is 3.36. The molecule has 1 amide bonds. The lowest BCUT2D eigenvalue weighted by atomic mass is 9.81. The van der Waals surface area contributed by atoms with E-state index in [4.69, 9.17) is 0 Å². The summed E-state index contributed by atoms with van der Waals surface area (Å²) in [4.78, 5) is 12.2. The highest BCUT2D eigenvalue weighted by molar-refractivity contribution is 5.87. The van der Waals surface area contributed by atoms with Gasteiger partial charge in [-0.15, -0.1) is 0 Å². The van der Waals surface area contributed by atoms with Gasteiger partial charge >= 0.3 is 0 Å². The Kier molecular flexibility index (Phi) is 4.47. The van der Waals surface area contributed by atoms with E-state index in [2.05, 4.69) is 23.6 Å². The number of hydrogen-bond donors (Lipinski definition) is 2. The largest absolute Gasteiger partial charge is 0.373 e. The minimum atomic E-state index is -0.0891. The molecule has 3 heteroatoms. The normalized spacial score (nSPS) is 27.8. The van der Waals surface area contributed by atoms with Crippen molar-refractivity contribution in [2.45, 2.75) is 51.5 Å². The number of nitrogens with one attached hydrogen (secondary N) is 2. The minimum Gasteiger partial charge on any atom is -0.373 e. The number of anilines is 1. The average Bonchev–Trinajstić information content (AvgIpc) is 2.93. The molecule has 3 nitrogen and oxygen atoms in total. The van der Waals surface area contributed by atoms with E-state index in [0.717, 1.165) is 36.9 Å². The Morgan fingerprint density at radius 3 is 2.76 bits per heavy atom. The molecule has 0 unspecified atom stereocenters. The van der Waals surface area contributed by atoms with E-state index >= 15 is 0 Å². The SMILES string of the molecule is CC1CCC(CCNC(=O)[C@@H]2Cc3ccccc3N2)CC1. The fraction of sp³-hybridized carbons (Fsp3) is 0.611. The molecule has 1 atom stereocenters. The second-order valence-corrected chi connectivity index (χ2v) is 6.76. The van der Waals surface area contributed by atoms with Gasteiger partial charge < -0.3 is 10.6 Å². The smallest absolute Gasteiger partial charge is 0.242 e. The van der Waals surface area contributed by atoms with Gasteiger partial charge in [0.1, 0.15) is 6.04 Å². The topological polar surface area (TPSA) is 41.1 Å². The highest BCUT2D eigenvalue weighted by atomic mass is 16.2. The van der Waals surface area contributed by atoms with Crippen LogP contribution in [0, 0.1) is 11.8 Å². The zero-order chi connectivity index (χ0) is 14.7. The summed E-state index contributed by atoms with van der Waals surface area (Å²) >= 11 is 0. The number of rotatable bonds is 4. The van der Waals surface area contributed by atoms with Gasteiger partial charge in [-0.3, -0.25) is 4.79 Å². The van der Waals surface area contributed by atoms with E-state index < -0.39 is 0 Å². The van der Waals surface area contributed by atoms with E-state index in [1.807, 2.05) is 18.2 Å². The van der Waals surface area contributed by atoms with Crippen molar-refractivity contribution in [3.8, 4) is 0 Å². The maximum atomic E-state index is 12.2. The first-order valence-corrected chi connectivity index (χ1v) is 8.34. The number of hydrogen-bond acceptors (Lipinski definition) is 2. The van der Waals surface area contributed by atoms with Crippen LogP contribution in [0.4, 0.5) is 5.69 Å². The molecule has 114 valence electrons. The van der Waals surface area contributed by atoms with Crippen LogP contribution in [0.15, 0.2) is 24.3 Å². The van der Waals surface area contributed by atoms with Crippen molar-refractivity contribution in [3.63, 3.8) is 0 Å². The third-order valence-electron chi connectivity index (χ3n) is 5.07. The second-order valence-electron chi connectivity index (χ2n) is 6.76. The van der Waals surface area contributed by atoms with Crippen LogP contribution in [-0.2, 0) is 11.2 Å². The maximum Gasteiger partial charge on any atom is 0.242 e. The number of para-hydroxylation sites is 1. The zero-order valence-electron chi connectivity index (χ0n) is 12.9. The molecule has 0 spiro atoms. The Bertz CT molecular complexity index is 467. The van der Waals surface area contributed by atoms with Gasteiger partial charge in [0.25, 0.3) is 0 Å². The lowest BCUT2D eigenvalue weighted by Crippen LogP contribution is -2.39. The number of carbonyl (C=O) groups excluding carboxylic acids is 1. The fourth-order valence-corrected chi connectivity index (χ4v) is 3.60. The minimum absolute atomic E-state index is 0.0891. The van der Waals surface area contributed by atoms with Gasteiger partial charge in [0.15, 0.2) is 0 Å². The van der Waals surface area contributed by atoms with Crippen molar-refractivity contribution in [3.05, 3.63) is 29.8 Å². The molecule has 2 N–H and O–H groups in total. The summed E-state index contributed by atoms with van der Waals surface area (Å²) in [6.07, 6.45) is 7.34. The molecule has 1 fully saturated rings. The first-order chi connectivity index (χ1) is 10.2. The third kappa shape index (κ3) is 3.58. The summed E-state index contributed by atoms with van der Waals surface area (Å²) in [6.45, 7) is 3.17. The lowest BCUT2D eigenvalue weighted by Gasteiger charge is -2.26. The molecule has 0 saturated heterocycles. The zero-order valence-corrected chi connectivity index (χ0v) is 12.9. The summed E-state index contributed by atoms with van der Waals surface area (Å²) in [6, 6.07) is 8.10. The van der Waals surface area contributed by atoms with Gasteiger partial charge in [-0.1, -0.05) is 50.8 Å². The van der Waals surface area contributed by atoms with E-state index in [-0.39, 0.29) is 11.9 Å². The maximum absolute atomic E-state index is 12.2. The van der Waals surface area contributed by atoms with E-state index in [9.17, 15) is 4.79 Å². The molecule has 1 saturated carbocycles. The van der Waals surface area contributed by atoms with Crippen LogP contribution in [0.5, 0.6) is 0 Å². The first-order valence-electron chi connectivity index (χ1n) is 8.34. The molecule has 3 rings (SSSR count). The number of benzene rings is 1. The van der Waals surface area contributed by atoms with Crippen LogP contribution in [-0.4, -0.2) is 18.5 Å². The van der Waals surface area contributed by atoms with Crippen molar-refractivity contribution in [2.24, 2.45) is 11.8 Å². The summed E-state index contributed by atoms with van der Waals surface area (Å²) in [7, 11) is 0. The van der Waals surface area contributed by atoms with Gasteiger partial charge in [-0.25, -0.2) is 0 Å². The van der Waals surface area contributed by atoms with Crippen molar-refractivity contribution in [1.82, 2.24) is 5.32 Å². The van der Waals surface area contributed by atoms with Crippen LogP contribution in [0.25, 0.3) is 0 Å². The molecule has 1 aliphatic carbocycles. The van der Waals surface area contributed by atoms with Crippen LogP contribution in [0.2, 0.25) is 0 Å². The average molecular weight is 286 g/mol. The molecular weight excluding hydrogens is 260 g/mol. The molecule has 1 heterocycles. The van der Waals surface area contributed by atoms with Crippen molar-refractivity contribution in [2.75, 3.05) is 11.9 Å². The van der Waals surface area contributed by atoms with Gasteiger partial charge in [-0.2, -0.15) is 0 Å². The Morgan fingerprint density at radius 1 is 1.24 bits per heavy atom. The Morgan fingerprint density at radius 2 is 2.00 bits per heavy atom. The quantitative estimate of drug-likeness (QED) is 0.891. The first kappa shape index (κ1) is 14.4. The predicted molar refractivity (Wildman–Crippen MR) is 86.3 cm³/mol. The molecule has 2 aliphatic rings. The monoisotopic (exact) mass is 286 g/mol. The molecular formula is C18H26N2O. The molecule has 0 bridgehead atoms. The summed E-state index contributed by atoms with van der Waals surface area (Å²) in [5.41, 5.74) is 2.36. The summed E-state index contributed by atoms with van der Waals surface area (Å²) in [5, 5.41) is 6.43. The van der Waals surface area contributed by atoms with Crippen molar-refractivity contribution >= 4 is 11.6 Å². The molecule has 21 heavy (non-hydrogen) atoms. The standard InChI is InChI=1S/C18H26N2O/c1-13-6-8-14(9-7-13)10-11-19-18(21)17-12-15-4-2-3-5-16(15)20-17/h2-5,13-14,17,20H,6-12H2,1H3,(H,19,21)/t13?,14?,17-/m0/s1. The third-order valence-corrected chi connectivity index (χ3v) is 5.07. The number of carbonyl (C=O) groups is 1. The fourth-order valence-electron chi connectivity index (χ4n) is 3.60. The number of amides is 1. The second kappa shape index (κ2) is 6.50. The van der Waals surface area contributed by atoms with E-state index in [1.54, 1.807) is 0 Å². The highest BCUT2D eigenvalue weighted by Crippen LogP contribution is 2.30. The summed E-state index contributed by atoms with van der Waals surface area (Å²) < 4.78 is 0. The Labute approximate surface area is 127 Å².